The third kappa shape index (κ3) is 3.37. The number of rotatable bonds is 4. The largest absolute Gasteiger partial charge is 0.416 e. The van der Waals surface area contributed by atoms with Crippen molar-refractivity contribution in [3.63, 3.8) is 0 Å². The van der Waals surface area contributed by atoms with Gasteiger partial charge in [-0.25, -0.2) is 4.39 Å². The fourth-order valence-corrected chi connectivity index (χ4v) is 2.93. The summed E-state index contributed by atoms with van der Waals surface area (Å²) in [7, 11) is 0. The monoisotopic (exact) mass is 303 g/mol. The molecule has 2 fully saturated rings. The Bertz CT molecular complexity index is 513. The van der Waals surface area contributed by atoms with Gasteiger partial charge in [0.2, 0.25) is 0 Å². The Morgan fingerprint density at radius 3 is 2.62 bits per heavy atom. The quantitative estimate of drug-likeness (QED) is 0.860. The summed E-state index contributed by atoms with van der Waals surface area (Å²) < 4.78 is 57.5. The van der Waals surface area contributed by atoms with Gasteiger partial charge in [0.15, 0.2) is 0 Å². The van der Waals surface area contributed by atoms with E-state index in [1.807, 2.05) is 0 Å². The number of alkyl halides is 3. The van der Waals surface area contributed by atoms with Crippen molar-refractivity contribution in [2.24, 2.45) is 5.92 Å². The smallest absolute Gasteiger partial charge is 0.376 e. The molecule has 6 heteroatoms. The first-order valence-electron chi connectivity index (χ1n) is 7.16. The van der Waals surface area contributed by atoms with Gasteiger partial charge in [-0.2, -0.15) is 13.2 Å². The molecule has 1 saturated heterocycles. The Morgan fingerprint density at radius 1 is 1.19 bits per heavy atom. The highest BCUT2D eigenvalue weighted by atomic mass is 19.4. The van der Waals surface area contributed by atoms with Crippen LogP contribution in [0.4, 0.5) is 17.6 Å². The van der Waals surface area contributed by atoms with E-state index < -0.39 is 17.6 Å². The van der Waals surface area contributed by atoms with Crippen LogP contribution in [0.5, 0.6) is 0 Å². The molecule has 116 valence electrons. The highest BCUT2D eigenvalue weighted by Gasteiger charge is 2.40. The highest BCUT2D eigenvalue weighted by molar-refractivity contribution is 5.30. The van der Waals surface area contributed by atoms with Gasteiger partial charge in [0.05, 0.1) is 11.7 Å². The van der Waals surface area contributed by atoms with Crippen molar-refractivity contribution in [2.45, 2.75) is 44.1 Å². The van der Waals surface area contributed by atoms with Gasteiger partial charge in [-0.15, -0.1) is 0 Å². The Kier molecular flexibility index (Phi) is 3.92. The second-order valence-corrected chi connectivity index (χ2v) is 5.75. The fourth-order valence-electron chi connectivity index (χ4n) is 2.93. The van der Waals surface area contributed by atoms with Gasteiger partial charge < -0.3 is 10.1 Å². The molecule has 1 aliphatic heterocycles. The van der Waals surface area contributed by atoms with Crippen LogP contribution >= 0.6 is 0 Å². The molecule has 0 spiro atoms. The lowest BCUT2D eigenvalue weighted by Crippen LogP contribution is -2.37. The molecule has 3 rings (SSSR count). The van der Waals surface area contributed by atoms with E-state index in [0.717, 1.165) is 25.3 Å². The predicted octanol–water partition coefficient (Wildman–Crippen LogP) is 3.50. The molecule has 1 heterocycles. The molecule has 0 aromatic heterocycles. The zero-order valence-electron chi connectivity index (χ0n) is 11.4. The van der Waals surface area contributed by atoms with Gasteiger partial charge in [0.25, 0.3) is 0 Å². The van der Waals surface area contributed by atoms with Crippen LogP contribution in [0.1, 0.15) is 30.4 Å². The summed E-state index contributed by atoms with van der Waals surface area (Å²) in [6, 6.07) is 2.91. The molecule has 2 atom stereocenters. The predicted molar refractivity (Wildman–Crippen MR) is 69.1 cm³/mol. The van der Waals surface area contributed by atoms with Crippen LogP contribution in [0.2, 0.25) is 0 Å². The molecule has 1 saturated carbocycles. The maximum atomic E-state index is 13.1. The summed E-state index contributed by atoms with van der Waals surface area (Å²) in [5.74, 6) is -0.327. The van der Waals surface area contributed by atoms with Crippen LogP contribution in [0.15, 0.2) is 18.2 Å². The lowest BCUT2D eigenvalue weighted by atomic mass is 10.0. The van der Waals surface area contributed by atoms with E-state index in [1.165, 1.54) is 6.07 Å². The van der Waals surface area contributed by atoms with E-state index >= 15 is 0 Å². The molecule has 21 heavy (non-hydrogen) atoms. The standard InChI is InChI=1S/C15H17F4NO/c16-11-4-3-10(12(7-11)15(17,18)19)8-20-13-5-6-21-14(13)9-1-2-9/h3-4,7,9,13-14,20H,1-2,5-6,8H2. The average Bonchev–Trinajstić information content (AvgIpc) is 3.15. The summed E-state index contributed by atoms with van der Waals surface area (Å²) in [5.41, 5.74) is -0.831. The number of nitrogens with one attached hydrogen (secondary N) is 1. The molecule has 2 aliphatic rings. The summed E-state index contributed by atoms with van der Waals surface area (Å²) in [6.45, 7) is 0.723. The fraction of sp³-hybridized carbons (Fsp3) is 0.600. The summed E-state index contributed by atoms with van der Waals surface area (Å²) in [5, 5.41) is 3.15. The SMILES string of the molecule is Fc1ccc(CNC2CCOC2C2CC2)c(C(F)(F)F)c1. The zero-order chi connectivity index (χ0) is 15.0. The van der Waals surface area contributed by atoms with Crippen molar-refractivity contribution >= 4 is 0 Å². The first-order valence-corrected chi connectivity index (χ1v) is 7.16. The zero-order valence-corrected chi connectivity index (χ0v) is 11.4. The number of hydrogen-bond donors (Lipinski definition) is 1. The minimum atomic E-state index is -4.54. The molecule has 1 N–H and O–H groups in total. The van der Waals surface area contributed by atoms with Crippen molar-refractivity contribution in [3.8, 4) is 0 Å². The third-order valence-electron chi connectivity index (χ3n) is 4.15. The van der Waals surface area contributed by atoms with Gasteiger partial charge >= 0.3 is 6.18 Å². The Labute approximate surface area is 120 Å². The summed E-state index contributed by atoms with van der Waals surface area (Å²) in [4.78, 5) is 0. The summed E-state index contributed by atoms with van der Waals surface area (Å²) in [6.07, 6.45) is -1.36. The van der Waals surface area contributed by atoms with E-state index in [-0.39, 0.29) is 24.3 Å². The number of ether oxygens (including phenoxy) is 1. The molecule has 2 unspecified atom stereocenters. The first kappa shape index (κ1) is 14.8. The van der Waals surface area contributed by atoms with E-state index in [4.69, 9.17) is 4.74 Å². The van der Waals surface area contributed by atoms with Gasteiger partial charge in [0, 0.05) is 19.2 Å². The summed E-state index contributed by atoms with van der Waals surface area (Å²) >= 11 is 0. The van der Waals surface area contributed by atoms with Gasteiger partial charge in [0.1, 0.15) is 5.82 Å². The number of hydrogen-bond acceptors (Lipinski definition) is 2. The lowest BCUT2D eigenvalue weighted by Gasteiger charge is -2.21. The van der Waals surface area contributed by atoms with Crippen LogP contribution in [0, 0.1) is 11.7 Å². The minimum Gasteiger partial charge on any atom is -0.376 e. The van der Waals surface area contributed by atoms with E-state index in [2.05, 4.69) is 5.32 Å². The van der Waals surface area contributed by atoms with Crippen LogP contribution < -0.4 is 5.32 Å². The third-order valence-corrected chi connectivity index (χ3v) is 4.15. The molecule has 1 aliphatic carbocycles. The minimum absolute atomic E-state index is 0.0744. The Balaban J connectivity index is 1.70. The second kappa shape index (κ2) is 5.57. The molecular weight excluding hydrogens is 286 g/mol. The van der Waals surface area contributed by atoms with Crippen molar-refractivity contribution < 1.29 is 22.3 Å². The van der Waals surface area contributed by atoms with Crippen molar-refractivity contribution in [2.75, 3.05) is 6.61 Å². The number of benzene rings is 1. The van der Waals surface area contributed by atoms with Crippen LogP contribution in [0.3, 0.4) is 0 Å². The Hall–Kier alpha value is -1.14. The molecule has 1 aromatic rings. The second-order valence-electron chi connectivity index (χ2n) is 5.75. The average molecular weight is 303 g/mol. The molecular formula is C15H17F4NO. The molecule has 0 radical (unpaired) electrons. The van der Waals surface area contributed by atoms with Crippen LogP contribution in [-0.4, -0.2) is 18.8 Å². The molecule has 2 nitrogen and oxygen atoms in total. The van der Waals surface area contributed by atoms with Crippen molar-refractivity contribution in [1.29, 1.82) is 0 Å². The molecule has 0 bridgehead atoms. The van der Waals surface area contributed by atoms with Crippen molar-refractivity contribution in [3.05, 3.63) is 35.1 Å². The van der Waals surface area contributed by atoms with E-state index in [9.17, 15) is 17.6 Å². The van der Waals surface area contributed by atoms with Gasteiger partial charge in [-0.3, -0.25) is 0 Å². The van der Waals surface area contributed by atoms with Gasteiger partial charge in [-0.05, 0) is 42.9 Å². The highest BCUT2D eigenvalue weighted by Crippen LogP contribution is 2.39. The van der Waals surface area contributed by atoms with Crippen LogP contribution in [0.25, 0.3) is 0 Å². The molecule has 0 amide bonds. The number of halogens is 4. The first-order chi connectivity index (χ1) is 9.95. The maximum absolute atomic E-state index is 13.1. The Morgan fingerprint density at radius 2 is 1.95 bits per heavy atom. The maximum Gasteiger partial charge on any atom is 0.416 e. The van der Waals surface area contributed by atoms with E-state index in [1.54, 1.807) is 0 Å². The van der Waals surface area contributed by atoms with Crippen molar-refractivity contribution in [1.82, 2.24) is 5.32 Å². The lowest BCUT2D eigenvalue weighted by molar-refractivity contribution is -0.138. The van der Waals surface area contributed by atoms with E-state index in [0.29, 0.717) is 18.6 Å². The topological polar surface area (TPSA) is 21.3 Å². The molecule has 1 aromatic carbocycles. The van der Waals surface area contributed by atoms with Crippen LogP contribution in [-0.2, 0) is 17.5 Å². The normalized spacial score (nSPS) is 26.3. The van der Waals surface area contributed by atoms with Gasteiger partial charge in [-0.1, -0.05) is 6.07 Å².